The fourth-order valence-electron chi connectivity index (χ4n) is 8.60. The highest BCUT2D eigenvalue weighted by Gasteiger charge is 2.45. The number of piperidine rings is 2. The van der Waals surface area contributed by atoms with Crippen LogP contribution in [0.25, 0.3) is 5.65 Å². The first-order valence-corrected chi connectivity index (χ1v) is 19.6. The zero-order valence-corrected chi connectivity index (χ0v) is 31.6. The summed E-state index contributed by atoms with van der Waals surface area (Å²) >= 11 is 0. The molecule has 304 valence electrons. The molecule has 0 bridgehead atoms. The highest BCUT2D eigenvalue weighted by Crippen LogP contribution is 2.36. The lowest BCUT2D eigenvalue weighted by Crippen LogP contribution is -2.58. The van der Waals surface area contributed by atoms with Gasteiger partial charge in [-0.2, -0.15) is 15.2 Å². The monoisotopic (exact) mass is 800 g/mol. The Morgan fingerprint density at radius 1 is 0.931 bits per heavy atom. The summed E-state index contributed by atoms with van der Waals surface area (Å²) in [6.07, 6.45) is 4.80. The van der Waals surface area contributed by atoms with Gasteiger partial charge in [0.05, 0.1) is 54.5 Å². The molecule has 20 heteroatoms. The van der Waals surface area contributed by atoms with Crippen molar-refractivity contribution in [1.29, 1.82) is 0 Å². The van der Waals surface area contributed by atoms with E-state index in [1.165, 1.54) is 16.9 Å². The van der Waals surface area contributed by atoms with Crippen LogP contribution >= 0.6 is 0 Å². The van der Waals surface area contributed by atoms with E-state index in [0.717, 1.165) is 42.5 Å². The number of aromatic nitrogens is 5. The van der Waals surface area contributed by atoms with Crippen LogP contribution in [0.3, 0.4) is 0 Å². The second kappa shape index (κ2) is 15.4. The first-order chi connectivity index (χ1) is 28.1. The molecule has 4 aromatic rings. The van der Waals surface area contributed by atoms with Crippen molar-refractivity contribution in [2.75, 3.05) is 80.7 Å². The Hall–Kier alpha value is -6.02. The standard InChI is InChI=1S/C38H42F2N12O6/c39-33(40)32-27(42-35(54)26-20-41-49-14-8-29(43-34(26)49)48-16-18-58-19-17-48)22-50(45-32)24-6-10-46(11-7-24)21-23-4-12-47(13-5-23)28-3-1-2-25-31(28)37(56)52(36(25)55)51-15-9-30(53)44-38(51)57/h1-3,8,14,20,22-24,33H,4-7,9-13,15-19,21H2,(H,42,54)(H,44,53,57). The Balaban J connectivity index is 0.797. The summed E-state index contributed by atoms with van der Waals surface area (Å²) in [5.74, 6) is -1.17. The number of alkyl halides is 2. The minimum absolute atomic E-state index is 0.0120. The number of urea groups is 1. The molecule has 0 radical (unpaired) electrons. The molecule has 5 aliphatic heterocycles. The summed E-state index contributed by atoms with van der Waals surface area (Å²) in [6.45, 7) is 6.13. The molecule has 5 aliphatic rings. The van der Waals surface area contributed by atoms with Crippen LogP contribution in [0, 0.1) is 5.92 Å². The lowest BCUT2D eigenvalue weighted by atomic mass is 9.93. The van der Waals surface area contributed by atoms with E-state index in [2.05, 4.69) is 40.5 Å². The number of fused-ring (bicyclic) bond motifs is 2. The topological polar surface area (TPSA) is 183 Å². The van der Waals surface area contributed by atoms with E-state index in [1.807, 2.05) is 12.1 Å². The van der Waals surface area contributed by atoms with Crippen LogP contribution in [0.15, 0.2) is 42.9 Å². The van der Waals surface area contributed by atoms with Crippen LogP contribution in [0.1, 0.15) is 81.3 Å². The van der Waals surface area contributed by atoms with Gasteiger partial charge in [-0.05, 0) is 49.8 Å². The van der Waals surface area contributed by atoms with Crippen molar-refractivity contribution in [1.82, 2.24) is 44.6 Å². The van der Waals surface area contributed by atoms with Gasteiger partial charge in [0.1, 0.15) is 11.4 Å². The van der Waals surface area contributed by atoms with E-state index < -0.39 is 41.8 Å². The summed E-state index contributed by atoms with van der Waals surface area (Å²) in [6, 6.07) is 6.04. The molecule has 4 saturated heterocycles. The molecule has 0 spiro atoms. The number of carbonyl (C=O) groups is 5. The number of amides is 6. The normalized spacial score (nSPS) is 20.1. The number of hydrogen-bond acceptors (Lipinski definition) is 12. The third-order valence-electron chi connectivity index (χ3n) is 11.7. The maximum absolute atomic E-state index is 14.2. The molecule has 1 aromatic carbocycles. The largest absolute Gasteiger partial charge is 0.378 e. The highest BCUT2D eigenvalue weighted by molar-refractivity contribution is 6.24. The van der Waals surface area contributed by atoms with Crippen molar-refractivity contribution in [3.63, 3.8) is 0 Å². The Bertz CT molecular complexity index is 2280. The van der Waals surface area contributed by atoms with E-state index in [0.29, 0.717) is 75.3 Å². The molecule has 9 rings (SSSR count). The minimum atomic E-state index is -2.89. The van der Waals surface area contributed by atoms with Crippen LogP contribution in [0.2, 0.25) is 0 Å². The van der Waals surface area contributed by atoms with Crippen LogP contribution in [-0.4, -0.2) is 135 Å². The van der Waals surface area contributed by atoms with E-state index in [-0.39, 0.29) is 41.4 Å². The number of morpholine rings is 1. The molecule has 4 fully saturated rings. The number of benzene rings is 1. The summed E-state index contributed by atoms with van der Waals surface area (Å²) in [4.78, 5) is 75.7. The third-order valence-corrected chi connectivity index (χ3v) is 11.7. The number of anilines is 3. The van der Waals surface area contributed by atoms with Gasteiger partial charge in [0.2, 0.25) is 5.91 Å². The first kappa shape index (κ1) is 37.6. The molecule has 3 aromatic heterocycles. The van der Waals surface area contributed by atoms with Gasteiger partial charge < -0.3 is 24.8 Å². The van der Waals surface area contributed by atoms with Gasteiger partial charge in [0, 0.05) is 64.6 Å². The fourth-order valence-corrected chi connectivity index (χ4v) is 8.60. The number of likely N-dealkylation sites (tertiary alicyclic amines) is 1. The Morgan fingerprint density at radius 3 is 2.45 bits per heavy atom. The second-order valence-corrected chi connectivity index (χ2v) is 15.2. The number of carbonyl (C=O) groups excluding carboxylic acids is 5. The molecule has 0 aliphatic carbocycles. The smallest absolute Gasteiger partial charge is 0.343 e. The summed E-state index contributed by atoms with van der Waals surface area (Å²) in [5, 5.41) is 15.1. The number of ether oxygens (including phenoxy) is 1. The molecule has 2 N–H and O–H groups in total. The lowest BCUT2D eigenvalue weighted by molar-refractivity contribution is -0.122. The molecular formula is C38H42F2N12O6. The lowest BCUT2D eigenvalue weighted by Gasteiger charge is -2.38. The second-order valence-electron chi connectivity index (χ2n) is 15.2. The Labute approximate surface area is 330 Å². The molecule has 58 heavy (non-hydrogen) atoms. The van der Waals surface area contributed by atoms with E-state index in [1.54, 1.807) is 23.0 Å². The SMILES string of the molecule is O=C1CCN(N2C(=O)c3cccc(N4CCC(CN5CCC(n6cc(NC(=O)c7cnn8ccc(N9CCOCC9)nc78)c(C(F)F)n6)CC5)CC4)c3C2=O)C(=O)N1. The zero-order valence-electron chi connectivity index (χ0n) is 31.6. The number of hydrogen-bond donors (Lipinski definition) is 2. The predicted molar refractivity (Wildman–Crippen MR) is 203 cm³/mol. The van der Waals surface area contributed by atoms with E-state index in [9.17, 15) is 32.8 Å². The van der Waals surface area contributed by atoms with E-state index in [4.69, 9.17) is 4.74 Å². The molecule has 18 nitrogen and oxygen atoms in total. The average molecular weight is 801 g/mol. The summed E-state index contributed by atoms with van der Waals surface area (Å²) in [7, 11) is 0. The number of rotatable bonds is 9. The molecule has 0 unspecified atom stereocenters. The van der Waals surface area contributed by atoms with Gasteiger partial charge in [-0.1, -0.05) is 6.07 Å². The van der Waals surface area contributed by atoms with Gasteiger partial charge in [0.25, 0.3) is 24.1 Å². The number of nitrogens with one attached hydrogen (secondary N) is 2. The number of nitrogens with zero attached hydrogens (tertiary/aromatic N) is 10. The maximum atomic E-state index is 14.2. The van der Waals surface area contributed by atoms with Crippen molar-refractivity contribution < 1.29 is 37.5 Å². The molecule has 8 heterocycles. The van der Waals surface area contributed by atoms with Gasteiger partial charge in [-0.15, -0.1) is 0 Å². The Morgan fingerprint density at radius 2 is 1.71 bits per heavy atom. The fraction of sp³-hybridized carbons (Fsp3) is 0.474. The zero-order chi connectivity index (χ0) is 40.1. The molecule has 6 amide bonds. The number of hydrazine groups is 1. The summed E-state index contributed by atoms with van der Waals surface area (Å²) < 4.78 is 37.0. The third kappa shape index (κ3) is 6.99. The minimum Gasteiger partial charge on any atom is -0.378 e. The van der Waals surface area contributed by atoms with Gasteiger partial charge in [-0.3, -0.25) is 29.2 Å². The van der Waals surface area contributed by atoms with Crippen molar-refractivity contribution in [3.8, 4) is 0 Å². The van der Waals surface area contributed by atoms with Crippen molar-refractivity contribution in [2.24, 2.45) is 5.92 Å². The predicted octanol–water partition coefficient (Wildman–Crippen LogP) is 2.96. The van der Waals surface area contributed by atoms with Crippen molar-refractivity contribution >= 4 is 52.5 Å². The van der Waals surface area contributed by atoms with E-state index >= 15 is 0 Å². The summed E-state index contributed by atoms with van der Waals surface area (Å²) in [5.41, 5.74) is 1.08. The average Bonchev–Trinajstić information content (AvgIpc) is 3.93. The van der Waals surface area contributed by atoms with Gasteiger partial charge in [-0.25, -0.2) is 28.1 Å². The van der Waals surface area contributed by atoms with Crippen LogP contribution in [-0.2, 0) is 9.53 Å². The maximum Gasteiger partial charge on any atom is 0.343 e. The quantitative estimate of drug-likeness (QED) is 0.237. The van der Waals surface area contributed by atoms with Gasteiger partial charge in [0.15, 0.2) is 11.3 Å². The van der Waals surface area contributed by atoms with Crippen LogP contribution in [0.5, 0.6) is 0 Å². The van der Waals surface area contributed by atoms with Crippen LogP contribution in [0.4, 0.5) is 30.8 Å². The van der Waals surface area contributed by atoms with Crippen LogP contribution < -0.4 is 20.4 Å². The highest BCUT2D eigenvalue weighted by atomic mass is 19.3. The van der Waals surface area contributed by atoms with Crippen molar-refractivity contribution in [3.05, 3.63) is 65.2 Å². The molecular weight excluding hydrogens is 758 g/mol. The first-order valence-electron chi connectivity index (χ1n) is 19.6. The van der Waals surface area contributed by atoms with Gasteiger partial charge >= 0.3 is 6.03 Å². The van der Waals surface area contributed by atoms with Crippen molar-refractivity contribution in [2.45, 2.75) is 44.6 Å². The molecule has 0 saturated carbocycles. The number of imide groups is 2. The Kier molecular flexibility index (Phi) is 9.96. The number of halogens is 2. The molecule has 0 atom stereocenters.